The highest BCUT2D eigenvalue weighted by Crippen LogP contribution is 2.20. The van der Waals surface area contributed by atoms with E-state index in [0.29, 0.717) is 13.0 Å². The number of ether oxygens (including phenoxy) is 1. The highest BCUT2D eigenvalue weighted by molar-refractivity contribution is 7.81. The molecule has 0 amide bonds. The Morgan fingerprint density at radius 2 is 1.90 bits per heavy atom. The van der Waals surface area contributed by atoms with E-state index in [-0.39, 0.29) is 0 Å². The topological polar surface area (TPSA) is 46.5 Å². The summed E-state index contributed by atoms with van der Waals surface area (Å²) in [6, 6.07) is 14.2. The smallest absolute Gasteiger partial charge is 0.316 e. The van der Waals surface area contributed by atoms with Gasteiger partial charge in [-0.3, -0.25) is 4.79 Å². The Morgan fingerprint density at radius 1 is 1.15 bits per heavy atom. The molecule has 1 N–H and O–H groups in total. The Bertz CT molecular complexity index is 583. The van der Waals surface area contributed by atoms with Gasteiger partial charge in [-0.25, -0.2) is 0 Å². The van der Waals surface area contributed by atoms with Crippen LogP contribution in [0.4, 0.5) is 0 Å². The first-order valence-corrected chi connectivity index (χ1v) is 7.21. The number of hydrogen-bond acceptors (Lipinski definition) is 3. The van der Waals surface area contributed by atoms with Crippen LogP contribution in [0.15, 0.2) is 42.5 Å². The molecule has 106 valence electrons. The second kappa shape index (κ2) is 7.20. The fourth-order valence-corrected chi connectivity index (χ4v) is 2.19. The molecule has 3 nitrogen and oxygen atoms in total. The number of carboxylic acid groups (broad SMARTS) is 1. The Labute approximate surface area is 124 Å². The van der Waals surface area contributed by atoms with Crippen LogP contribution in [0.1, 0.15) is 19.3 Å². The van der Waals surface area contributed by atoms with E-state index in [0.717, 1.165) is 24.0 Å². The zero-order valence-electron chi connectivity index (χ0n) is 11.2. The molecular weight excluding hydrogens is 272 g/mol. The largest absolute Gasteiger partial charge is 0.494 e. The van der Waals surface area contributed by atoms with Crippen molar-refractivity contribution in [1.29, 1.82) is 0 Å². The van der Waals surface area contributed by atoms with Crippen molar-refractivity contribution < 1.29 is 14.6 Å². The summed E-state index contributed by atoms with van der Waals surface area (Å²) in [7, 11) is 0. The maximum absolute atomic E-state index is 10.6. The molecule has 0 spiro atoms. The number of hydrogen-bond donors (Lipinski definition) is 2. The molecule has 0 bridgehead atoms. The lowest BCUT2D eigenvalue weighted by Gasteiger charge is -2.08. The Hall–Kier alpha value is -1.68. The fourth-order valence-electron chi connectivity index (χ4n) is 2.01. The SMILES string of the molecule is O=C(O)C(S)CCCCOc1ccc2ccccc2c1. The summed E-state index contributed by atoms with van der Waals surface area (Å²) >= 11 is 4.00. The third kappa shape index (κ3) is 4.17. The summed E-state index contributed by atoms with van der Waals surface area (Å²) in [5.41, 5.74) is 0. The van der Waals surface area contributed by atoms with Gasteiger partial charge < -0.3 is 9.84 Å². The molecule has 1 atom stereocenters. The zero-order valence-corrected chi connectivity index (χ0v) is 12.1. The molecule has 2 rings (SSSR count). The fraction of sp³-hybridized carbons (Fsp3) is 0.312. The zero-order chi connectivity index (χ0) is 14.4. The highest BCUT2D eigenvalue weighted by Gasteiger charge is 2.10. The maximum atomic E-state index is 10.6. The van der Waals surface area contributed by atoms with Gasteiger partial charge in [0.15, 0.2) is 0 Å². The Morgan fingerprint density at radius 3 is 2.65 bits per heavy atom. The van der Waals surface area contributed by atoms with Crippen LogP contribution >= 0.6 is 12.6 Å². The summed E-state index contributed by atoms with van der Waals surface area (Å²) in [6.07, 6.45) is 2.20. The highest BCUT2D eigenvalue weighted by atomic mass is 32.1. The van der Waals surface area contributed by atoms with E-state index in [2.05, 4.69) is 24.8 Å². The number of carbonyl (C=O) groups is 1. The van der Waals surface area contributed by atoms with Gasteiger partial charge in [0.1, 0.15) is 5.75 Å². The summed E-state index contributed by atoms with van der Waals surface area (Å²) in [6.45, 7) is 0.596. The first kappa shape index (κ1) is 14.7. The van der Waals surface area contributed by atoms with E-state index in [1.807, 2.05) is 30.3 Å². The van der Waals surface area contributed by atoms with Crippen molar-refractivity contribution in [2.45, 2.75) is 24.5 Å². The van der Waals surface area contributed by atoms with Crippen LogP contribution in [0.5, 0.6) is 5.75 Å². The van der Waals surface area contributed by atoms with E-state index in [4.69, 9.17) is 9.84 Å². The van der Waals surface area contributed by atoms with Gasteiger partial charge in [0.05, 0.1) is 11.9 Å². The summed E-state index contributed by atoms with van der Waals surface area (Å²) < 4.78 is 5.68. The summed E-state index contributed by atoms with van der Waals surface area (Å²) in [5, 5.41) is 10.5. The molecule has 0 aromatic heterocycles. The quantitative estimate of drug-likeness (QED) is 0.602. The van der Waals surface area contributed by atoms with Gasteiger partial charge in [0, 0.05) is 0 Å². The molecular formula is C16H18O3S. The van der Waals surface area contributed by atoms with Crippen molar-refractivity contribution in [2.75, 3.05) is 6.61 Å². The van der Waals surface area contributed by atoms with Crippen molar-refractivity contribution in [3.05, 3.63) is 42.5 Å². The summed E-state index contributed by atoms with van der Waals surface area (Å²) in [4.78, 5) is 10.6. The van der Waals surface area contributed by atoms with Gasteiger partial charge in [0.25, 0.3) is 0 Å². The molecule has 0 aliphatic rings. The number of aliphatic carboxylic acids is 1. The molecule has 1 unspecified atom stereocenters. The predicted octanol–water partition coefficient (Wildman–Crippen LogP) is 3.77. The van der Waals surface area contributed by atoms with Gasteiger partial charge in [-0.2, -0.15) is 12.6 Å². The molecule has 0 fully saturated rings. The minimum Gasteiger partial charge on any atom is -0.494 e. The van der Waals surface area contributed by atoms with Crippen LogP contribution in [0.2, 0.25) is 0 Å². The van der Waals surface area contributed by atoms with Crippen molar-refractivity contribution in [2.24, 2.45) is 0 Å². The van der Waals surface area contributed by atoms with Crippen LogP contribution < -0.4 is 4.74 Å². The third-order valence-corrected chi connectivity index (χ3v) is 3.63. The van der Waals surface area contributed by atoms with Crippen molar-refractivity contribution in [3.63, 3.8) is 0 Å². The van der Waals surface area contributed by atoms with Gasteiger partial charge in [-0.1, -0.05) is 30.3 Å². The van der Waals surface area contributed by atoms with Gasteiger partial charge in [-0.05, 0) is 42.2 Å². The molecule has 0 saturated carbocycles. The van der Waals surface area contributed by atoms with Crippen LogP contribution in [-0.2, 0) is 4.79 Å². The van der Waals surface area contributed by atoms with Gasteiger partial charge in [-0.15, -0.1) is 0 Å². The molecule has 0 aliphatic heterocycles. The van der Waals surface area contributed by atoms with E-state index in [1.165, 1.54) is 5.39 Å². The van der Waals surface area contributed by atoms with Crippen LogP contribution in [0.25, 0.3) is 10.8 Å². The average Bonchev–Trinajstić information content (AvgIpc) is 2.46. The first-order chi connectivity index (χ1) is 9.66. The number of rotatable bonds is 7. The molecule has 0 radical (unpaired) electrons. The number of benzene rings is 2. The van der Waals surface area contributed by atoms with E-state index >= 15 is 0 Å². The van der Waals surface area contributed by atoms with Crippen molar-refractivity contribution in [1.82, 2.24) is 0 Å². The Kier molecular flexibility index (Phi) is 5.30. The van der Waals surface area contributed by atoms with Crippen LogP contribution in [0, 0.1) is 0 Å². The Balaban J connectivity index is 1.77. The van der Waals surface area contributed by atoms with Crippen LogP contribution in [0.3, 0.4) is 0 Å². The second-order valence-corrected chi connectivity index (χ2v) is 5.33. The lowest BCUT2D eigenvalue weighted by atomic mass is 10.1. The average molecular weight is 290 g/mol. The van der Waals surface area contributed by atoms with Gasteiger partial charge in [0.2, 0.25) is 0 Å². The normalized spacial score (nSPS) is 12.2. The lowest BCUT2D eigenvalue weighted by Crippen LogP contribution is -2.13. The van der Waals surface area contributed by atoms with Gasteiger partial charge >= 0.3 is 5.97 Å². The lowest BCUT2D eigenvalue weighted by molar-refractivity contribution is -0.136. The number of carboxylic acids is 1. The second-order valence-electron chi connectivity index (χ2n) is 4.71. The number of unbranched alkanes of at least 4 members (excludes halogenated alkanes) is 1. The number of thiol groups is 1. The summed E-state index contributed by atoms with van der Waals surface area (Å²) in [5.74, 6) is -0.00635. The third-order valence-electron chi connectivity index (χ3n) is 3.15. The predicted molar refractivity (Wildman–Crippen MR) is 83.7 cm³/mol. The molecule has 0 aliphatic carbocycles. The standard InChI is InChI=1S/C16H18O3S/c17-16(18)15(20)7-3-4-10-19-14-9-8-12-5-1-2-6-13(12)11-14/h1-2,5-6,8-9,11,15,20H,3-4,7,10H2,(H,17,18). The molecule has 2 aromatic carbocycles. The molecule has 2 aromatic rings. The molecule has 4 heteroatoms. The maximum Gasteiger partial charge on any atom is 0.316 e. The van der Waals surface area contributed by atoms with Crippen molar-refractivity contribution >= 4 is 29.4 Å². The minimum atomic E-state index is -0.858. The molecule has 20 heavy (non-hydrogen) atoms. The van der Waals surface area contributed by atoms with E-state index in [1.54, 1.807) is 0 Å². The molecule has 0 heterocycles. The van der Waals surface area contributed by atoms with Crippen molar-refractivity contribution in [3.8, 4) is 5.75 Å². The van der Waals surface area contributed by atoms with Crippen LogP contribution in [-0.4, -0.2) is 22.9 Å². The monoisotopic (exact) mass is 290 g/mol. The van der Waals surface area contributed by atoms with E-state index in [9.17, 15) is 4.79 Å². The first-order valence-electron chi connectivity index (χ1n) is 6.69. The number of fused-ring (bicyclic) bond motifs is 1. The van der Waals surface area contributed by atoms with E-state index < -0.39 is 11.2 Å². The minimum absolute atomic E-state index is 0.569. The molecule has 0 saturated heterocycles.